The monoisotopic (exact) mass is 337 g/mol. The van der Waals surface area contributed by atoms with Gasteiger partial charge in [0.2, 0.25) is 0 Å². The second-order valence-corrected chi connectivity index (χ2v) is 8.64. The topological polar surface area (TPSA) is 92.5 Å². The zero-order chi connectivity index (χ0) is 14.5. The van der Waals surface area contributed by atoms with Gasteiger partial charge in [0, 0.05) is 25.2 Å². The molecule has 0 amide bonds. The van der Waals surface area contributed by atoms with Crippen LogP contribution in [0.5, 0.6) is 0 Å². The first-order chi connectivity index (χ1) is 9.41. The lowest BCUT2D eigenvalue weighted by Crippen LogP contribution is -2.38. The summed E-state index contributed by atoms with van der Waals surface area (Å²) >= 11 is 6.49. The molecule has 0 spiro atoms. The number of thiophene rings is 1. The summed E-state index contributed by atoms with van der Waals surface area (Å²) in [6.45, 7) is 1.91. The number of halogens is 1. The predicted molar refractivity (Wildman–Crippen MR) is 74.6 cm³/mol. The van der Waals surface area contributed by atoms with E-state index in [4.69, 9.17) is 11.6 Å². The molecule has 3 rings (SSSR count). The molecule has 110 valence electrons. The van der Waals surface area contributed by atoms with Gasteiger partial charge in [-0.1, -0.05) is 11.6 Å². The maximum atomic E-state index is 12.6. The fraction of sp³-hybridized carbons (Fsp3) is 0.600. The standard InChI is InChI=1S/C10H12ClN3O4S2/c11-10-7(14(15)16)3-9(19-10)20(17,18)13-2-1-6-4-12-5-8(6)13/h3,6,8,12H,1-2,4-5H2/t6-,8+/m0/s1. The number of nitro groups is 1. The highest BCUT2D eigenvalue weighted by Gasteiger charge is 2.44. The van der Waals surface area contributed by atoms with Gasteiger partial charge in [-0.15, -0.1) is 11.3 Å². The third-order valence-corrected chi connectivity index (χ3v) is 7.51. The highest BCUT2D eigenvalue weighted by molar-refractivity contribution is 7.91. The van der Waals surface area contributed by atoms with Crippen LogP contribution in [0, 0.1) is 16.0 Å². The highest BCUT2D eigenvalue weighted by atomic mass is 35.5. The summed E-state index contributed by atoms with van der Waals surface area (Å²) in [7, 11) is -3.71. The van der Waals surface area contributed by atoms with E-state index in [1.165, 1.54) is 4.31 Å². The molecule has 1 aromatic heterocycles. The van der Waals surface area contributed by atoms with Crippen molar-refractivity contribution < 1.29 is 13.3 Å². The minimum atomic E-state index is -3.71. The van der Waals surface area contributed by atoms with E-state index in [-0.39, 0.29) is 20.3 Å². The van der Waals surface area contributed by atoms with E-state index >= 15 is 0 Å². The number of hydrogen-bond donors (Lipinski definition) is 1. The molecule has 0 aliphatic carbocycles. The molecule has 0 saturated carbocycles. The summed E-state index contributed by atoms with van der Waals surface area (Å²) in [6.07, 6.45) is 0.818. The van der Waals surface area contributed by atoms with Crippen LogP contribution in [-0.4, -0.2) is 43.3 Å². The van der Waals surface area contributed by atoms with Crippen LogP contribution in [-0.2, 0) is 10.0 Å². The molecule has 1 aromatic rings. The van der Waals surface area contributed by atoms with Crippen molar-refractivity contribution in [2.75, 3.05) is 19.6 Å². The Hall–Kier alpha value is -0.740. The summed E-state index contributed by atoms with van der Waals surface area (Å²) in [6, 6.07) is 0.998. The smallest absolute Gasteiger partial charge is 0.300 e. The van der Waals surface area contributed by atoms with Gasteiger partial charge in [0.1, 0.15) is 4.21 Å². The van der Waals surface area contributed by atoms with E-state index in [0.29, 0.717) is 19.0 Å². The fourth-order valence-electron chi connectivity index (χ4n) is 2.81. The highest BCUT2D eigenvalue weighted by Crippen LogP contribution is 2.40. The van der Waals surface area contributed by atoms with Gasteiger partial charge < -0.3 is 5.32 Å². The van der Waals surface area contributed by atoms with Crippen LogP contribution in [0.25, 0.3) is 0 Å². The molecule has 0 bridgehead atoms. The van der Waals surface area contributed by atoms with Gasteiger partial charge in [-0.25, -0.2) is 8.42 Å². The van der Waals surface area contributed by atoms with Crippen LogP contribution in [0.1, 0.15) is 6.42 Å². The van der Waals surface area contributed by atoms with Crippen LogP contribution in [0.3, 0.4) is 0 Å². The first kappa shape index (κ1) is 14.2. The van der Waals surface area contributed by atoms with Crippen molar-refractivity contribution in [2.45, 2.75) is 16.7 Å². The minimum Gasteiger partial charge on any atom is -0.315 e. The molecule has 0 radical (unpaired) electrons. The van der Waals surface area contributed by atoms with Crippen molar-refractivity contribution in [3.05, 3.63) is 20.5 Å². The molecule has 20 heavy (non-hydrogen) atoms. The van der Waals surface area contributed by atoms with Gasteiger partial charge in [-0.3, -0.25) is 10.1 Å². The number of fused-ring (bicyclic) bond motifs is 1. The summed E-state index contributed by atoms with van der Waals surface area (Å²) in [5, 5.41) is 14.0. The molecular formula is C10H12ClN3O4S2. The van der Waals surface area contributed by atoms with E-state index < -0.39 is 14.9 Å². The van der Waals surface area contributed by atoms with Gasteiger partial charge in [-0.05, 0) is 18.9 Å². The third kappa shape index (κ3) is 2.13. The molecule has 3 heterocycles. The van der Waals surface area contributed by atoms with E-state index in [1.807, 2.05) is 0 Å². The van der Waals surface area contributed by atoms with Gasteiger partial charge in [-0.2, -0.15) is 4.31 Å². The Balaban J connectivity index is 1.96. The molecular weight excluding hydrogens is 326 g/mol. The lowest BCUT2D eigenvalue weighted by Gasteiger charge is -2.21. The average Bonchev–Trinajstić information content (AvgIpc) is 3.00. The van der Waals surface area contributed by atoms with Crippen molar-refractivity contribution in [3.8, 4) is 0 Å². The number of nitrogens with zero attached hydrogens (tertiary/aromatic N) is 2. The number of hydrogen-bond acceptors (Lipinski definition) is 6. The molecule has 0 aromatic carbocycles. The van der Waals surface area contributed by atoms with Crippen molar-refractivity contribution in [1.29, 1.82) is 0 Å². The van der Waals surface area contributed by atoms with Crippen LogP contribution in [0.4, 0.5) is 5.69 Å². The lowest BCUT2D eigenvalue weighted by atomic mass is 10.1. The normalized spacial score (nSPS) is 26.9. The molecule has 0 unspecified atom stereocenters. The van der Waals surface area contributed by atoms with Crippen molar-refractivity contribution in [3.63, 3.8) is 0 Å². The Kier molecular flexibility index (Phi) is 3.49. The molecule has 2 atom stereocenters. The summed E-state index contributed by atoms with van der Waals surface area (Å²) in [5.74, 6) is 0.329. The molecule has 2 fully saturated rings. The SMILES string of the molecule is O=[N+]([O-])c1cc(S(=O)(=O)N2CC[C@H]3CNC[C@H]32)sc1Cl. The first-order valence-corrected chi connectivity index (χ1v) is 8.71. The van der Waals surface area contributed by atoms with Gasteiger partial charge in [0.05, 0.1) is 4.92 Å². The minimum absolute atomic E-state index is 0.0539. The maximum Gasteiger partial charge on any atom is 0.300 e. The summed E-state index contributed by atoms with van der Waals surface area (Å²) in [4.78, 5) is 10.1. The van der Waals surface area contributed by atoms with E-state index in [9.17, 15) is 18.5 Å². The quantitative estimate of drug-likeness (QED) is 0.662. The Morgan fingerprint density at radius 3 is 2.90 bits per heavy atom. The van der Waals surface area contributed by atoms with Crippen molar-refractivity contribution >= 4 is 38.6 Å². The number of nitrogens with one attached hydrogen (secondary N) is 1. The summed E-state index contributed by atoms with van der Waals surface area (Å²) in [5.41, 5.74) is -0.351. The lowest BCUT2D eigenvalue weighted by molar-refractivity contribution is -0.384. The maximum absolute atomic E-state index is 12.6. The van der Waals surface area contributed by atoms with Crippen molar-refractivity contribution in [2.24, 2.45) is 5.92 Å². The molecule has 2 aliphatic rings. The molecule has 2 aliphatic heterocycles. The van der Waals surface area contributed by atoms with Crippen LogP contribution >= 0.6 is 22.9 Å². The predicted octanol–water partition coefficient (Wildman–Crippen LogP) is 1.29. The van der Waals surface area contributed by atoms with Gasteiger partial charge in [0.25, 0.3) is 15.7 Å². The average molecular weight is 338 g/mol. The third-order valence-electron chi connectivity index (χ3n) is 3.80. The van der Waals surface area contributed by atoms with Crippen LogP contribution < -0.4 is 5.32 Å². The Bertz CT molecular complexity index is 659. The molecule has 1 N–H and O–H groups in total. The van der Waals surface area contributed by atoms with Gasteiger partial charge >= 0.3 is 0 Å². The largest absolute Gasteiger partial charge is 0.315 e. The van der Waals surface area contributed by atoms with E-state index in [2.05, 4.69) is 5.32 Å². The first-order valence-electron chi connectivity index (χ1n) is 6.07. The second kappa shape index (κ2) is 4.92. The number of sulfonamides is 1. The fourth-order valence-corrected chi connectivity index (χ4v) is 6.31. The van der Waals surface area contributed by atoms with Crippen LogP contribution in [0.15, 0.2) is 10.3 Å². The summed E-state index contributed by atoms with van der Waals surface area (Å²) < 4.78 is 26.5. The zero-order valence-electron chi connectivity index (χ0n) is 10.3. The van der Waals surface area contributed by atoms with Crippen molar-refractivity contribution in [1.82, 2.24) is 9.62 Å². The Morgan fingerprint density at radius 2 is 2.25 bits per heavy atom. The molecule has 2 saturated heterocycles. The second-order valence-electron chi connectivity index (χ2n) is 4.87. The zero-order valence-corrected chi connectivity index (χ0v) is 12.7. The molecule has 10 heteroatoms. The van der Waals surface area contributed by atoms with E-state index in [0.717, 1.165) is 30.4 Å². The van der Waals surface area contributed by atoms with E-state index in [1.54, 1.807) is 0 Å². The van der Waals surface area contributed by atoms with Crippen LogP contribution in [0.2, 0.25) is 4.34 Å². The Morgan fingerprint density at radius 1 is 1.50 bits per heavy atom. The van der Waals surface area contributed by atoms with Gasteiger partial charge in [0.15, 0.2) is 4.34 Å². The number of rotatable bonds is 3. The Labute approximate surface area is 124 Å². The molecule has 7 nitrogen and oxygen atoms in total.